The van der Waals surface area contributed by atoms with Crippen LogP contribution in [0.2, 0.25) is 5.02 Å². The van der Waals surface area contributed by atoms with Gasteiger partial charge in [-0.05, 0) is 48.4 Å². The average molecular weight is 515 g/mol. The number of rotatable bonds is 12. The molecule has 0 radical (unpaired) electrons. The maximum atomic E-state index is 13.0. The van der Waals surface area contributed by atoms with Gasteiger partial charge >= 0.3 is 6.03 Å². The lowest BCUT2D eigenvalue weighted by atomic mass is 10.0. The molecule has 36 heavy (non-hydrogen) atoms. The third kappa shape index (κ3) is 9.00. The minimum atomic E-state index is -1.01. The Balaban J connectivity index is 1.96. The highest BCUT2D eigenvalue weighted by atomic mass is 35.5. The quantitative estimate of drug-likeness (QED) is 0.323. The standard InChI is InChI=1S/C27H35ClN4O4/c1-5-22(24(33)26(35)29-16-20-12-9-13-21(28)18(20)4)31-25(34)23(14-17(2)3)32-27(36)30-15-19-10-7-6-8-11-19/h6-13,17,22-23H,5,14-16H2,1-4H3,(H,29,35)(H,31,34)(H2,30,32,36)/t22?,23-/m0/s1. The molecule has 0 fully saturated rings. The number of urea groups is 1. The van der Waals surface area contributed by atoms with Crippen molar-refractivity contribution in [3.8, 4) is 0 Å². The van der Waals surface area contributed by atoms with Crippen LogP contribution in [0.15, 0.2) is 48.5 Å². The first-order chi connectivity index (χ1) is 17.1. The molecule has 2 aromatic rings. The summed E-state index contributed by atoms with van der Waals surface area (Å²) in [5, 5.41) is 11.2. The number of carbonyl (C=O) groups is 4. The Morgan fingerprint density at radius 1 is 0.861 bits per heavy atom. The van der Waals surface area contributed by atoms with Gasteiger partial charge in [-0.1, -0.05) is 74.8 Å². The van der Waals surface area contributed by atoms with E-state index in [9.17, 15) is 19.2 Å². The number of Topliss-reactive ketones (excluding diaryl/α,β-unsaturated/α-hetero) is 1. The average Bonchev–Trinajstić information content (AvgIpc) is 2.86. The molecule has 9 heteroatoms. The molecular weight excluding hydrogens is 480 g/mol. The minimum Gasteiger partial charge on any atom is -0.345 e. The molecule has 0 saturated heterocycles. The van der Waals surface area contributed by atoms with Gasteiger partial charge in [-0.15, -0.1) is 0 Å². The molecule has 2 aromatic carbocycles. The molecule has 8 nitrogen and oxygen atoms in total. The van der Waals surface area contributed by atoms with Crippen molar-refractivity contribution in [2.75, 3.05) is 0 Å². The molecule has 1 unspecified atom stereocenters. The zero-order valence-electron chi connectivity index (χ0n) is 21.2. The molecule has 0 heterocycles. The van der Waals surface area contributed by atoms with Crippen molar-refractivity contribution in [3.05, 3.63) is 70.2 Å². The summed E-state index contributed by atoms with van der Waals surface area (Å²) < 4.78 is 0. The van der Waals surface area contributed by atoms with Crippen LogP contribution in [0.3, 0.4) is 0 Å². The monoisotopic (exact) mass is 514 g/mol. The van der Waals surface area contributed by atoms with E-state index in [2.05, 4.69) is 21.3 Å². The Hall–Kier alpha value is -3.39. The van der Waals surface area contributed by atoms with E-state index in [0.29, 0.717) is 18.0 Å². The summed E-state index contributed by atoms with van der Waals surface area (Å²) in [5.41, 5.74) is 2.54. The predicted molar refractivity (Wildman–Crippen MR) is 140 cm³/mol. The topological polar surface area (TPSA) is 116 Å². The first-order valence-electron chi connectivity index (χ1n) is 12.1. The summed E-state index contributed by atoms with van der Waals surface area (Å²) in [6, 6.07) is 12.4. The number of amides is 4. The summed E-state index contributed by atoms with van der Waals surface area (Å²) in [7, 11) is 0. The Labute approximate surface area is 217 Å². The molecule has 2 atom stereocenters. The second-order valence-corrected chi connectivity index (χ2v) is 9.44. The summed E-state index contributed by atoms with van der Waals surface area (Å²) in [4.78, 5) is 50.7. The van der Waals surface area contributed by atoms with E-state index in [0.717, 1.165) is 16.7 Å². The fourth-order valence-electron chi connectivity index (χ4n) is 3.58. The molecule has 0 aliphatic carbocycles. The van der Waals surface area contributed by atoms with Gasteiger partial charge in [0.05, 0.1) is 6.04 Å². The first-order valence-corrected chi connectivity index (χ1v) is 12.4. The second kappa shape index (κ2) is 14.2. The Morgan fingerprint density at radius 3 is 2.19 bits per heavy atom. The Kier molecular flexibility index (Phi) is 11.4. The fraction of sp³-hybridized carbons (Fsp3) is 0.407. The van der Waals surface area contributed by atoms with Gasteiger partial charge in [0.2, 0.25) is 11.7 Å². The highest BCUT2D eigenvalue weighted by molar-refractivity contribution is 6.38. The van der Waals surface area contributed by atoms with Crippen molar-refractivity contribution in [1.29, 1.82) is 0 Å². The van der Waals surface area contributed by atoms with Crippen molar-refractivity contribution < 1.29 is 19.2 Å². The van der Waals surface area contributed by atoms with Crippen molar-refractivity contribution in [2.45, 2.75) is 65.7 Å². The van der Waals surface area contributed by atoms with Gasteiger partial charge in [-0.3, -0.25) is 14.4 Å². The van der Waals surface area contributed by atoms with Crippen molar-refractivity contribution >= 4 is 35.2 Å². The molecule has 0 saturated carbocycles. The molecule has 2 rings (SSSR count). The largest absolute Gasteiger partial charge is 0.345 e. The van der Waals surface area contributed by atoms with Gasteiger partial charge in [0.25, 0.3) is 5.91 Å². The molecule has 0 bridgehead atoms. The Morgan fingerprint density at radius 2 is 1.56 bits per heavy atom. The lowest BCUT2D eigenvalue weighted by molar-refractivity contribution is -0.140. The highest BCUT2D eigenvalue weighted by Crippen LogP contribution is 2.18. The minimum absolute atomic E-state index is 0.107. The van der Waals surface area contributed by atoms with Gasteiger partial charge in [-0.25, -0.2) is 4.79 Å². The molecule has 4 N–H and O–H groups in total. The van der Waals surface area contributed by atoms with Crippen LogP contribution < -0.4 is 21.3 Å². The SMILES string of the molecule is CCC(NC(=O)[C@H](CC(C)C)NC(=O)NCc1ccccc1)C(=O)C(=O)NCc1cccc(Cl)c1C. The second-order valence-electron chi connectivity index (χ2n) is 9.04. The number of ketones is 1. The zero-order valence-corrected chi connectivity index (χ0v) is 21.9. The number of benzene rings is 2. The van der Waals surface area contributed by atoms with Crippen LogP contribution in [0, 0.1) is 12.8 Å². The summed E-state index contributed by atoms with van der Waals surface area (Å²) in [6.45, 7) is 7.84. The zero-order chi connectivity index (χ0) is 26.7. The molecule has 0 aromatic heterocycles. The van der Waals surface area contributed by atoms with Gasteiger partial charge in [0.15, 0.2) is 0 Å². The van der Waals surface area contributed by atoms with Gasteiger partial charge in [-0.2, -0.15) is 0 Å². The van der Waals surface area contributed by atoms with Crippen LogP contribution in [0.5, 0.6) is 0 Å². The maximum absolute atomic E-state index is 13.0. The van der Waals surface area contributed by atoms with Crippen LogP contribution in [-0.4, -0.2) is 35.7 Å². The summed E-state index contributed by atoms with van der Waals surface area (Å²) >= 11 is 6.11. The highest BCUT2D eigenvalue weighted by Gasteiger charge is 2.29. The van der Waals surface area contributed by atoms with Crippen LogP contribution in [0.25, 0.3) is 0 Å². The number of halogens is 1. The number of hydrogen-bond donors (Lipinski definition) is 4. The normalized spacial score (nSPS) is 12.4. The number of nitrogens with one attached hydrogen (secondary N) is 4. The number of carbonyl (C=O) groups excluding carboxylic acids is 4. The Bertz CT molecular complexity index is 1060. The van der Waals surface area contributed by atoms with E-state index in [1.807, 2.05) is 57.2 Å². The fourth-order valence-corrected chi connectivity index (χ4v) is 3.77. The molecule has 4 amide bonds. The van der Waals surface area contributed by atoms with E-state index in [4.69, 9.17) is 11.6 Å². The van der Waals surface area contributed by atoms with Crippen molar-refractivity contribution in [2.24, 2.45) is 5.92 Å². The third-order valence-electron chi connectivity index (χ3n) is 5.71. The van der Waals surface area contributed by atoms with E-state index in [-0.39, 0.29) is 18.9 Å². The van der Waals surface area contributed by atoms with Crippen LogP contribution in [0.1, 0.15) is 50.3 Å². The molecule has 0 aliphatic heterocycles. The van der Waals surface area contributed by atoms with Crippen LogP contribution in [0.4, 0.5) is 4.79 Å². The molecule has 0 aliphatic rings. The summed E-state index contributed by atoms with van der Waals surface area (Å²) in [5.74, 6) is -1.95. The van der Waals surface area contributed by atoms with Gasteiger partial charge < -0.3 is 21.3 Å². The first kappa shape index (κ1) is 28.8. The molecular formula is C27H35ClN4O4. The summed E-state index contributed by atoms with van der Waals surface area (Å²) in [6.07, 6.45) is 0.595. The maximum Gasteiger partial charge on any atom is 0.315 e. The predicted octanol–water partition coefficient (Wildman–Crippen LogP) is 3.64. The van der Waals surface area contributed by atoms with Gasteiger partial charge in [0.1, 0.15) is 6.04 Å². The van der Waals surface area contributed by atoms with Crippen LogP contribution >= 0.6 is 11.6 Å². The number of hydrogen-bond acceptors (Lipinski definition) is 4. The lowest BCUT2D eigenvalue weighted by Crippen LogP contribution is -2.55. The smallest absolute Gasteiger partial charge is 0.315 e. The molecule has 194 valence electrons. The van der Waals surface area contributed by atoms with E-state index >= 15 is 0 Å². The van der Waals surface area contributed by atoms with Crippen LogP contribution in [-0.2, 0) is 27.5 Å². The van der Waals surface area contributed by atoms with E-state index in [1.165, 1.54) is 0 Å². The molecule has 0 spiro atoms. The van der Waals surface area contributed by atoms with E-state index < -0.39 is 35.7 Å². The van der Waals surface area contributed by atoms with Crippen molar-refractivity contribution in [3.63, 3.8) is 0 Å². The van der Waals surface area contributed by atoms with E-state index in [1.54, 1.807) is 19.1 Å². The lowest BCUT2D eigenvalue weighted by Gasteiger charge is -2.23. The third-order valence-corrected chi connectivity index (χ3v) is 6.12. The van der Waals surface area contributed by atoms with Crippen molar-refractivity contribution in [1.82, 2.24) is 21.3 Å². The van der Waals surface area contributed by atoms with Gasteiger partial charge in [0, 0.05) is 18.1 Å².